The number of fused-ring (bicyclic) bond motifs is 3. The molecule has 6 aromatic carbocycles. The molecule has 9 aromatic rings. The smallest absolute Gasteiger partial charge is 0.285 e. The minimum absolute atomic E-state index is 0. The van der Waals surface area contributed by atoms with Crippen LogP contribution in [0, 0.1) is 35.7 Å². The van der Waals surface area contributed by atoms with Gasteiger partial charge in [0.25, 0.3) is 0 Å². The van der Waals surface area contributed by atoms with Crippen LogP contribution in [0.2, 0.25) is 0 Å². The van der Waals surface area contributed by atoms with Gasteiger partial charge >= 0.3 is 12.4 Å². The minimum atomic E-state index is -4.38. The van der Waals surface area contributed by atoms with Crippen LogP contribution in [-0.4, -0.2) is 29.9 Å². The number of nitrogens with zero attached hydrogens (tertiary/aromatic N) is 6. The largest absolute Gasteiger partial charge is 0.399 e. The van der Waals surface area contributed by atoms with Gasteiger partial charge in [0, 0.05) is 60.3 Å². The molecular formula is C47H34F9Ir3N6-3. The molecule has 0 saturated carbocycles. The van der Waals surface area contributed by atoms with Gasteiger partial charge in [0.2, 0.25) is 0 Å². The molecule has 0 aliphatic rings. The first-order valence-electron chi connectivity index (χ1n) is 17.1. The number of hydrogen-bond acceptors (Lipinski definition) is 6. The molecule has 0 atom stereocenters. The average molecular weight is 1430 g/mol. The molecule has 345 valence electrons. The van der Waals surface area contributed by atoms with Gasteiger partial charge in [-0.2, -0.15) is 26.3 Å². The van der Waals surface area contributed by atoms with E-state index in [2.05, 4.69) is 48.1 Å². The molecule has 9 rings (SSSR count). The number of benzene rings is 6. The summed E-state index contributed by atoms with van der Waals surface area (Å²) < 4.78 is 115. The van der Waals surface area contributed by atoms with Gasteiger partial charge in [-0.15, -0.1) is 77.4 Å². The molecule has 3 heterocycles. The van der Waals surface area contributed by atoms with Gasteiger partial charge in [0.1, 0.15) is 24.8 Å². The van der Waals surface area contributed by atoms with Crippen LogP contribution in [0.15, 0.2) is 134 Å². The summed E-state index contributed by atoms with van der Waals surface area (Å²) >= 11 is 0. The molecule has 65 heavy (non-hydrogen) atoms. The Kier molecular flexibility index (Phi) is 22.0. The number of aromatic nitrogens is 6. The summed E-state index contributed by atoms with van der Waals surface area (Å²) in [5, 5.41) is 2.10. The summed E-state index contributed by atoms with van der Waals surface area (Å²) in [5.74, 6) is -4.17. The van der Waals surface area contributed by atoms with E-state index in [4.69, 9.17) is 0 Å². The molecular weight excluding hydrogens is 1400 g/mol. The van der Waals surface area contributed by atoms with E-state index in [0.29, 0.717) is 50.0 Å². The van der Waals surface area contributed by atoms with E-state index in [1.165, 1.54) is 31.1 Å². The number of halogens is 9. The maximum Gasteiger partial charge on any atom is 0.399 e. The van der Waals surface area contributed by atoms with Gasteiger partial charge in [-0.05, 0) is 62.6 Å². The molecule has 3 aromatic heterocycles. The Morgan fingerprint density at radius 1 is 0.431 bits per heavy atom. The van der Waals surface area contributed by atoms with Crippen molar-refractivity contribution in [1.82, 2.24) is 29.9 Å². The van der Waals surface area contributed by atoms with E-state index >= 15 is 0 Å². The first-order valence-corrected chi connectivity index (χ1v) is 17.1. The molecule has 0 spiro atoms. The summed E-state index contributed by atoms with van der Waals surface area (Å²) in [5.41, 5.74) is 2.81. The van der Waals surface area contributed by atoms with E-state index in [1.807, 2.05) is 30.3 Å². The van der Waals surface area contributed by atoms with Crippen molar-refractivity contribution in [2.24, 2.45) is 0 Å². The fraction of sp³-hybridized carbons (Fsp3) is 0.106. The second-order valence-electron chi connectivity index (χ2n) is 12.4. The summed E-state index contributed by atoms with van der Waals surface area (Å²) in [7, 11) is 0. The molecule has 0 bridgehead atoms. The van der Waals surface area contributed by atoms with Crippen molar-refractivity contribution in [2.75, 3.05) is 0 Å². The van der Waals surface area contributed by atoms with E-state index in [9.17, 15) is 39.5 Å². The number of hydrogen-bond donors (Lipinski definition) is 0. The number of para-hydroxylation sites is 3. The predicted molar refractivity (Wildman–Crippen MR) is 222 cm³/mol. The Morgan fingerprint density at radius 3 is 1.28 bits per heavy atom. The maximum absolute atomic E-state index is 13.2. The first-order chi connectivity index (χ1) is 28.3. The molecule has 3 radical (unpaired) electrons. The molecule has 0 amide bonds. The topological polar surface area (TPSA) is 77.3 Å². The average Bonchev–Trinajstić information content (AvgIpc) is 3.25. The monoisotopic (exact) mass is 1430 g/mol. The van der Waals surface area contributed by atoms with Crippen LogP contribution >= 0.6 is 0 Å². The molecule has 0 unspecified atom stereocenters. The number of alkyl halides is 6. The standard InChI is InChI=1S/2C15H8F3N2.C14H6F3N2.3CH4.3Ir/c16-15(17,18)11-5-3-4-10(8-11)14-12-6-1-2-7-13(12)19-9-20-14;16-15(17,18)11-7-5-10(6-8-11)14-12-3-1-2-4-13(12)19-9-20-14;15-10-5-8(6-11(16)13(10)17)14-9-3-1-2-4-12(9)18-7-19-14;;;;;;/h1-3,5-9H;1-5,7-9H;1-5,7H;3*1H4;;;/q3*-1;;;;;;. The zero-order chi connectivity index (χ0) is 41.7. The molecule has 18 heteroatoms. The minimum Gasteiger partial charge on any atom is -0.285 e. The van der Waals surface area contributed by atoms with Crippen molar-refractivity contribution in [3.63, 3.8) is 0 Å². The Hall–Kier alpha value is -5.34. The molecule has 0 saturated heterocycles. The summed E-state index contributed by atoms with van der Waals surface area (Å²) in [6.07, 6.45) is -4.73. The van der Waals surface area contributed by atoms with E-state index in [-0.39, 0.29) is 88.2 Å². The fourth-order valence-electron chi connectivity index (χ4n) is 5.82. The van der Waals surface area contributed by atoms with Gasteiger partial charge in [0.05, 0.1) is 28.2 Å². The zero-order valence-corrected chi connectivity index (χ0v) is 38.0. The van der Waals surface area contributed by atoms with Crippen molar-refractivity contribution in [3.05, 3.63) is 181 Å². The van der Waals surface area contributed by atoms with Crippen LogP contribution in [0.5, 0.6) is 0 Å². The van der Waals surface area contributed by atoms with Crippen LogP contribution in [-0.2, 0) is 72.7 Å². The molecule has 0 N–H and O–H groups in total. The van der Waals surface area contributed by atoms with Gasteiger partial charge in [-0.1, -0.05) is 76.9 Å². The van der Waals surface area contributed by atoms with E-state index < -0.39 is 40.9 Å². The molecule has 0 aliphatic carbocycles. The van der Waals surface area contributed by atoms with Crippen molar-refractivity contribution >= 4 is 32.7 Å². The van der Waals surface area contributed by atoms with Crippen LogP contribution in [0.25, 0.3) is 66.5 Å². The van der Waals surface area contributed by atoms with Crippen LogP contribution in [0.1, 0.15) is 33.4 Å². The molecule has 6 nitrogen and oxygen atoms in total. The van der Waals surface area contributed by atoms with Crippen molar-refractivity contribution in [2.45, 2.75) is 34.6 Å². The Balaban J connectivity index is 0.000000466. The van der Waals surface area contributed by atoms with Crippen molar-refractivity contribution < 1.29 is 99.8 Å². The fourth-order valence-corrected chi connectivity index (χ4v) is 5.82. The first kappa shape index (κ1) is 57.7. The van der Waals surface area contributed by atoms with E-state index in [0.717, 1.165) is 41.2 Å². The second-order valence-corrected chi connectivity index (χ2v) is 12.4. The third-order valence-corrected chi connectivity index (χ3v) is 8.58. The second kappa shape index (κ2) is 24.8. The molecule has 0 fully saturated rings. The maximum atomic E-state index is 13.2. The number of rotatable bonds is 3. The van der Waals surface area contributed by atoms with Gasteiger partial charge in [0.15, 0.2) is 0 Å². The summed E-state index contributed by atoms with van der Waals surface area (Å²) in [4.78, 5) is 24.5. The predicted octanol–water partition coefficient (Wildman–Crippen LogP) is 13.6. The Labute approximate surface area is 409 Å². The quantitative estimate of drug-likeness (QED) is 0.0996. The summed E-state index contributed by atoms with van der Waals surface area (Å²) in [6.45, 7) is 0. The normalized spacial score (nSPS) is 10.4. The molecule has 0 aliphatic heterocycles. The Bertz CT molecular complexity index is 2900. The summed E-state index contributed by atoms with van der Waals surface area (Å²) in [6, 6.07) is 36.6. The third-order valence-electron chi connectivity index (χ3n) is 8.58. The van der Waals surface area contributed by atoms with Crippen LogP contribution < -0.4 is 0 Å². The zero-order valence-electron chi connectivity index (χ0n) is 30.8. The van der Waals surface area contributed by atoms with Gasteiger partial charge < -0.3 is 0 Å². The van der Waals surface area contributed by atoms with Crippen molar-refractivity contribution in [3.8, 4) is 33.8 Å². The van der Waals surface area contributed by atoms with Crippen LogP contribution in [0.4, 0.5) is 39.5 Å². The third kappa shape index (κ3) is 13.6. The van der Waals surface area contributed by atoms with Gasteiger partial charge in [-0.25, -0.2) is 23.7 Å². The van der Waals surface area contributed by atoms with E-state index in [1.54, 1.807) is 42.5 Å². The van der Waals surface area contributed by atoms with Crippen molar-refractivity contribution in [1.29, 1.82) is 0 Å². The van der Waals surface area contributed by atoms with Crippen LogP contribution in [0.3, 0.4) is 0 Å². The SMILES string of the molecule is C.C.C.FC(F)(F)c1c[c-]c(-c2ncnc3ccccc23)cc1.FC(F)(F)c1cc[c-]c(-c2ncnc3ccccc23)c1.Fc1[c-]c(-c2ncnc3ccccc23)cc(F)c1F.[Ir].[Ir].[Ir]. The van der Waals surface area contributed by atoms with Gasteiger partial charge in [-0.3, -0.25) is 19.3 Å². The Morgan fingerprint density at radius 2 is 0.862 bits per heavy atom.